The molecule has 3 heteroatoms. The molecule has 0 atom stereocenters. The second-order valence-electron chi connectivity index (χ2n) is 3.30. The molecule has 0 amide bonds. The van der Waals surface area contributed by atoms with Crippen molar-refractivity contribution in [3.05, 3.63) is 34.9 Å². The Labute approximate surface area is 92.0 Å². The number of hydrogen-bond acceptors (Lipinski definition) is 2. The zero-order valence-corrected chi connectivity index (χ0v) is 9.25. The standard InChI is InChI=1S/C12H15BO2/c1-3-9-5-6-10(4-2)11(7-9)12(14)15-8-13/h5-7H,3-4,8H2,1-2H3. The first kappa shape index (κ1) is 11.8. The van der Waals surface area contributed by atoms with E-state index in [2.05, 4.69) is 6.92 Å². The van der Waals surface area contributed by atoms with Crippen LogP contribution < -0.4 is 0 Å². The van der Waals surface area contributed by atoms with Gasteiger partial charge in [0.05, 0.1) is 5.56 Å². The summed E-state index contributed by atoms with van der Waals surface area (Å²) in [4.78, 5) is 11.6. The molecule has 0 saturated heterocycles. The third-order valence-corrected chi connectivity index (χ3v) is 2.40. The van der Waals surface area contributed by atoms with Gasteiger partial charge in [0.1, 0.15) is 7.85 Å². The largest absolute Gasteiger partial charge is 0.472 e. The van der Waals surface area contributed by atoms with Gasteiger partial charge in [-0.05, 0) is 30.0 Å². The van der Waals surface area contributed by atoms with Gasteiger partial charge in [-0.1, -0.05) is 26.0 Å². The normalized spacial score (nSPS) is 10.0. The molecule has 0 aliphatic rings. The minimum atomic E-state index is -0.329. The fourth-order valence-corrected chi connectivity index (χ4v) is 1.50. The summed E-state index contributed by atoms with van der Waals surface area (Å²) >= 11 is 0. The monoisotopic (exact) mass is 202 g/mol. The fraction of sp³-hybridized carbons (Fsp3) is 0.417. The Morgan fingerprint density at radius 3 is 2.60 bits per heavy atom. The van der Waals surface area contributed by atoms with E-state index in [1.165, 1.54) is 0 Å². The van der Waals surface area contributed by atoms with Gasteiger partial charge in [0.2, 0.25) is 0 Å². The number of carbonyl (C=O) groups excluding carboxylic acids is 1. The number of hydrogen-bond donors (Lipinski definition) is 0. The summed E-state index contributed by atoms with van der Waals surface area (Å²) in [5.41, 5.74) is 2.78. The summed E-state index contributed by atoms with van der Waals surface area (Å²) in [6.07, 6.45) is 1.73. The van der Waals surface area contributed by atoms with E-state index in [0.29, 0.717) is 5.56 Å². The third kappa shape index (κ3) is 2.85. The predicted octanol–water partition coefficient (Wildman–Crippen LogP) is 2.09. The summed E-state index contributed by atoms with van der Waals surface area (Å²) in [5, 5.41) is 0. The van der Waals surface area contributed by atoms with Gasteiger partial charge in [-0.2, -0.15) is 0 Å². The van der Waals surface area contributed by atoms with Crippen molar-refractivity contribution in [2.24, 2.45) is 0 Å². The summed E-state index contributed by atoms with van der Waals surface area (Å²) in [6.45, 7) is 4.00. The molecule has 0 heterocycles. The second kappa shape index (κ2) is 5.59. The Bertz CT molecular complexity index is 347. The van der Waals surface area contributed by atoms with Gasteiger partial charge in [0.15, 0.2) is 0 Å². The van der Waals surface area contributed by atoms with Gasteiger partial charge in [0.25, 0.3) is 0 Å². The average Bonchev–Trinajstić information content (AvgIpc) is 2.28. The minimum Gasteiger partial charge on any atom is -0.472 e. The van der Waals surface area contributed by atoms with Crippen molar-refractivity contribution in [2.75, 3.05) is 6.51 Å². The summed E-state index contributed by atoms with van der Waals surface area (Å²) in [7, 11) is 5.19. The van der Waals surface area contributed by atoms with E-state index in [9.17, 15) is 4.79 Å². The molecule has 1 aromatic rings. The first-order valence-electron chi connectivity index (χ1n) is 5.21. The lowest BCUT2D eigenvalue weighted by Gasteiger charge is -2.08. The van der Waals surface area contributed by atoms with Crippen molar-refractivity contribution in [1.82, 2.24) is 0 Å². The number of rotatable bonds is 4. The number of aryl methyl sites for hydroxylation is 2. The maximum atomic E-state index is 11.6. The number of ether oxygens (including phenoxy) is 1. The van der Waals surface area contributed by atoms with Gasteiger partial charge < -0.3 is 4.74 Å². The Kier molecular flexibility index (Phi) is 4.41. The van der Waals surface area contributed by atoms with E-state index in [1.54, 1.807) is 0 Å². The smallest absolute Gasteiger partial charge is 0.337 e. The van der Waals surface area contributed by atoms with Crippen LogP contribution >= 0.6 is 0 Å². The van der Waals surface area contributed by atoms with Crippen LogP contribution in [0.4, 0.5) is 0 Å². The molecule has 1 aromatic carbocycles. The highest BCUT2D eigenvalue weighted by molar-refractivity contribution is 6.09. The fourth-order valence-electron chi connectivity index (χ4n) is 1.50. The van der Waals surface area contributed by atoms with Crippen LogP contribution in [-0.2, 0) is 17.6 Å². The van der Waals surface area contributed by atoms with Gasteiger partial charge in [-0.15, -0.1) is 0 Å². The molecule has 0 bridgehead atoms. The van der Waals surface area contributed by atoms with Crippen LogP contribution in [0, 0.1) is 0 Å². The minimum absolute atomic E-state index is 0.0711. The van der Waals surface area contributed by atoms with Crippen LogP contribution in [0.1, 0.15) is 35.3 Å². The van der Waals surface area contributed by atoms with Crippen LogP contribution in [-0.4, -0.2) is 20.3 Å². The molecule has 0 unspecified atom stereocenters. The summed E-state index contributed by atoms with van der Waals surface area (Å²) < 4.78 is 4.81. The van der Waals surface area contributed by atoms with Crippen molar-refractivity contribution < 1.29 is 9.53 Å². The van der Waals surface area contributed by atoms with Crippen LogP contribution in [0.5, 0.6) is 0 Å². The van der Waals surface area contributed by atoms with Gasteiger partial charge in [-0.3, -0.25) is 0 Å². The highest BCUT2D eigenvalue weighted by Crippen LogP contribution is 2.14. The van der Waals surface area contributed by atoms with Crippen LogP contribution in [0.3, 0.4) is 0 Å². The molecule has 0 aliphatic carbocycles. The number of benzene rings is 1. The first-order valence-corrected chi connectivity index (χ1v) is 5.21. The Balaban J connectivity index is 3.05. The lowest BCUT2D eigenvalue weighted by atomic mass is 10.0. The summed E-state index contributed by atoms with van der Waals surface area (Å²) in [5.74, 6) is -0.329. The number of carbonyl (C=O) groups is 1. The van der Waals surface area contributed by atoms with Crippen molar-refractivity contribution in [1.29, 1.82) is 0 Å². The molecule has 2 nitrogen and oxygen atoms in total. The summed E-state index contributed by atoms with van der Waals surface area (Å²) in [6, 6.07) is 5.90. The Hall–Kier alpha value is -1.25. The molecule has 15 heavy (non-hydrogen) atoms. The first-order chi connectivity index (χ1) is 7.22. The molecule has 0 N–H and O–H groups in total. The van der Waals surface area contributed by atoms with E-state index in [0.717, 1.165) is 24.0 Å². The predicted molar refractivity (Wildman–Crippen MR) is 61.2 cm³/mol. The topological polar surface area (TPSA) is 26.3 Å². The zero-order chi connectivity index (χ0) is 11.3. The average molecular weight is 202 g/mol. The molecule has 2 radical (unpaired) electrons. The molecule has 1 rings (SSSR count). The van der Waals surface area contributed by atoms with Gasteiger partial charge in [0, 0.05) is 6.51 Å². The third-order valence-electron chi connectivity index (χ3n) is 2.40. The quantitative estimate of drug-likeness (QED) is 0.552. The Morgan fingerprint density at radius 2 is 2.07 bits per heavy atom. The van der Waals surface area contributed by atoms with E-state index in [4.69, 9.17) is 12.6 Å². The molecule has 0 fully saturated rings. The second-order valence-corrected chi connectivity index (χ2v) is 3.30. The molecular weight excluding hydrogens is 187 g/mol. The van der Waals surface area contributed by atoms with E-state index in [-0.39, 0.29) is 12.5 Å². The SMILES string of the molecule is [B]COC(=O)c1cc(CC)ccc1CC. The van der Waals surface area contributed by atoms with Crippen molar-refractivity contribution in [3.63, 3.8) is 0 Å². The molecular formula is C12H15BO2. The zero-order valence-electron chi connectivity index (χ0n) is 9.25. The molecule has 0 spiro atoms. The molecule has 0 aromatic heterocycles. The van der Waals surface area contributed by atoms with Crippen molar-refractivity contribution in [2.45, 2.75) is 26.7 Å². The molecule has 0 saturated carbocycles. The lowest BCUT2D eigenvalue weighted by Crippen LogP contribution is -2.09. The van der Waals surface area contributed by atoms with Crippen LogP contribution in [0.2, 0.25) is 0 Å². The van der Waals surface area contributed by atoms with Crippen molar-refractivity contribution in [3.8, 4) is 0 Å². The van der Waals surface area contributed by atoms with E-state index < -0.39 is 0 Å². The van der Waals surface area contributed by atoms with Gasteiger partial charge >= 0.3 is 5.97 Å². The van der Waals surface area contributed by atoms with Crippen molar-refractivity contribution >= 4 is 13.8 Å². The van der Waals surface area contributed by atoms with Gasteiger partial charge in [-0.25, -0.2) is 4.79 Å². The highest BCUT2D eigenvalue weighted by atomic mass is 16.5. The molecule has 0 aliphatic heterocycles. The van der Waals surface area contributed by atoms with E-state index in [1.807, 2.05) is 25.1 Å². The highest BCUT2D eigenvalue weighted by Gasteiger charge is 2.11. The Morgan fingerprint density at radius 1 is 1.33 bits per heavy atom. The maximum Gasteiger partial charge on any atom is 0.337 e. The lowest BCUT2D eigenvalue weighted by molar-refractivity contribution is 0.0572. The number of esters is 1. The maximum absolute atomic E-state index is 11.6. The molecule has 78 valence electrons. The van der Waals surface area contributed by atoms with Crippen LogP contribution in [0.15, 0.2) is 18.2 Å². The van der Waals surface area contributed by atoms with E-state index >= 15 is 0 Å². The van der Waals surface area contributed by atoms with Crippen LogP contribution in [0.25, 0.3) is 0 Å².